The van der Waals surface area contributed by atoms with Crippen molar-refractivity contribution in [2.75, 3.05) is 6.61 Å². The maximum atomic E-state index is 9.11. The Labute approximate surface area is 94.5 Å². The molecule has 1 rings (SSSR count). The average molecular weight is 213 g/mol. The number of rotatable bonds is 6. The molecule has 0 heterocycles. The van der Waals surface area contributed by atoms with E-state index in [2.05, 4.69) is 19.2 Å². The Morgan fingerprint density at radius 3 is 2.47 bits per heavy atom. The highest BCUT2D eigenvalue weighted by Gasteiger charge is 2.23. The third kappa shape index (κ3) is 4.52. The Bertz CT molecular complexity index is 155. The van der Waals surface area contributed by atoms with Crippen LogP contribution >= 0.6 is 0 Å². The maximum Gasteiger partial charge on any atom is 0.0445 e. The van der Waals surface area contributed by atoms with Gasteiger partial charge in [-0.2, -0.15) is 0 Å². The summed E-state index contributed by atoms with van der Waals surface area (Å²) in [7, 11) is 0. The Kier molecular flexibility index (Phi) is 6.26. The van der Waals surface area contributed by atoms with E-state index in [9.17, 15) is 0 Å². The lowest BCUT2D eigenvalue weighted by Crippen LogP contribution is -2.42. The molecule has 1 fully saturated rings. The first-order chi connectivity index (χ1) is 7.27. The third-order valence-corrected chi connectivity index (χ3v) is 3.77. The summed E-state index contributed by atoms with van der Waals surface area (Å²) in [6, 6.07) is 1.13. The summed E-state index contributed by atoms with van der Waals surface area (Å²) in [5, 5.41) is 12.8. The Morgan fingerprint density at radius 2 is 1.93 bits per heavy atom. The standard InChI is InChI=1S/C13H27NO/c1-3-11(2)14-13(9-10-15)12-7-5-4-6-8-12/h11-15H,3-10H2,1-2H3. The van der Waals surface area contributed by atoms with Crippen LogP contribution < -0.4 is 5.32 Å². The predicted octanol–water partition coefficient (Wildman–Crippen LogP) is 2.71. The Hall–Kier alpha value is -0.0800. The van der Waals surface area contributed by atoms with Gasteiger partial charge < -0.3 is 10.4 Å². The Morgan fingerprint density at radius 1 is 1.27 bits per heavy atom. The van der Waals surface area contributed by atoms with E-state index < -0.39 is 0 Å². The minimum Gasteiger partial charge on any atom is -0.396 e. The molecule has 90 valence electrons. The lowest BCUT2D eigenvalue weighted by atomic mass is 9.82. The van der Waals surface area contributed by atoms with E-state index in [4.69, 9.17) is 5.11 Å². The highest BCUT2D eigenvalue weighted by Crippen LogP contribution is 2.28. The molecule has 0 bridgehead atoms. The minimum atomic E-state index is 0.324. The van der Waals surface area contributed by atoms with Gasteiger partial charge in [0, 0.05) is 18.7 Å². The fraction of sp³-hybridized carbons (Fsp3) is 1.00. The first kappa shape index (κ1) is 13.0. The van der Waals surface area contributed by atoms with Crippen LogP contribution in [0, 0.1) is 5.92 Å². The molecule has 2 atom stereocenters. The van der Waals surface area contributed by atoms with Gasteiger partial charge >= 0.3 is 0 Å². The second-order valence-corrected chi connectivity index (χ2v) is 4.99. The lowest BCUT2D eigenvalue weighted by molar-refractivity contribution is 0.197. The zero-order valence-corrected chi connectivity index (χ0v) is 10.3. The van der Waals surface area contributed by atoms with Gasteiger partial charge in [-0.15, -0.1) is 0 Å². The average Bonchev–Trinajstić information content (AvgIpc) is 2.29. The Balaban J connectivity index is 2.39. The van der Waals surface area contributed by atoms with Gasteiger partial charge in [-0.1, -0.05) is 26.2 Å². The number of aliphatic hydroxyl groups excluding tert-OH is 1. The van der Waals surface area contributed by atoms with Gasteiger partial charge in [0.25, 0.3) is 0 Å². The summed E-state index contributed by atoms with van der Waals surface area (Å²) < 4.78 is 0. The fourth-order valence-electron chi connectivity index (χ4n) is 2.61. The smallest absolute Gasteiger partial charge is 0.0445 e. The van der Waals surface area contributed by atoms with Crippen molar-refractivity contribution >= 4 is 0 Å². The van der Waals surface area contributed by atoms with Crippen LogP contribution in [0.4, 0.5) is 0 Å². The predicted molar refractivity (Wildman–Crippen MR) is 65.0 cm³/mol. The van der Waals surface area contributed by atoms with E-state index in [1.165, 1.54) is 38.5 Å². The normalized spacial score (nSPS) is 22.6. The number of aliphatic hydroxyl groups is 1. The van der Waals surface area contributed by atoms with Gasteiger partial charge in [-0.25, -0.2) is 0 Å². The molecule has 0 aromatic carbocycles. The van der Waals surface area contributed by atoms with E-state index in [1.807, 2.05) is 0 Å². The number of hydrogen-bond acceptors (Lipinski definition) is 2. The third-order valence-electron chi connectivity index (χ3n) is 3.77. The van der Waals surface area contributed by atoms with E-state index in [-0.39, 0.29) is 0 Å². The SMILES string of the molecule is CCC(C)NC(CCO)C1CCCCC1. The number of hydrogen-bond donors (Lipinski definition) is 2. The molecule has 0 aromatic heterocycles. The van der Waals surface area contributed by atoms with Crippen LogP contribution in [0.5, 0.6) is 0 Å². The van der Waals surface area contributed by atoms with Crippen LogP contribution in [0.2, 0.25) is 0 Å². The summed E-state index contributed by atoms with van der Waals surface area (Å²) in [6.07, 6.45) is 8.99. The second kappa shape index (κ2) is 7.24. The molecule has 0 aliphatic heterocycles. The topological polar surface area (TPSA) is 32.3 Å². The minimum absolute atomic E-state index is 0.324. The molecule has 1 aliphatic carbocycles. The van der Waals surface area contributed by atoms with Crippen molar-refractivity contribution in [1.82, 2.24) is 5.32 Å². The van der Waals surface area contributed by atoms with Gasteiger partial charge in [0.05, 0.1) is 0 Å². The summed E-state index contributed by atoms with van der Waals surface area (Å²) in [5.41, 5.74) is 0. The van der Waals surface area contributed by atoms with Crippen LogP contribution in [-0.4, -0.2) is 23.8 Å². The summed E-state index contributed by atoms with van der Waals surface area (Å²) in [6.45, 7) is 4.78. The van der Waals surface area contributed by atoms with Crippen LogP contribution in [0.1, 0.15) is 58.8 Å². The van der Waals surface area contributed by atoms with Gasteiger partial charge in [0.15, 0.2) is 0 Å². The fourth-order valence-corrected chi connectivity index (χ4v) is 2.61. The molecule has 2 nitrogen and oxygen atoms in total. The molecule has 15 heavy (non-hydrogen) atoms. The molecule has 0 saturated heterocycles. The summed E-state index contributed by atoms with van der Waals surface area (Å²) >= 11 is 0. The molecule has 0 aromatic rings. The summed E-state index contributed by atoms with van der Waals surface area (Å²) in [5.74, 6) is 0.805. The van der Waals surface area contributed by atoms with Gasteiger partial charge in [0.2, 0.25) is 0 Å². The van der Waals surface area contributed by atoms with Crippen molar-refractivity contribution in [1.29, 1.82) is 0 Å². The van der Waals surface area contributed by atoms with E-state index in [0.29, 0.717) is 18.7 Å². The van der Waals surface area contributed by atoms with Crippen molar-refractivity contribution < 1.29 is 5.11 Å². The highest BCUT2D eigenvalue weighted by atomic mass is 16.3. The van der Waals surface area contributed by atoms with Crippen molar-refractivity contribution in [2.45, 2.75) is 70.9 Å². The zero-order chi connectivity index (χ0) is 11.1. The van der Waals surface area contributed by atoms with Crippen molar-refractivity contribution in [3.8, 4) is 0 Å². The summed E-state index contributed by atoms with van der Waals surface area (Å²) in [4.78, 5) is 0. The molecule has 2 N–H and O–H groups in total. The highest BCUT2D eigenvalue weighted by molar-refractivity contribution is 4.81. The molecule has 0 radical (unpaired) electrons. The van der Waals surface area contributed by atoms with Gasteiger partial charge in [0.1, 0.15) is 0 Å². The van der Waals surface area contributed by atoms with Crippen LogP contribution in [0.3, 0.4) is 0 Å². The quantitative estimate of drug-likeness (QED) is 0.711. The van der Waals surface area contributed by atoms with Crippen LogP contribution in [0.25, 0.3) is 0 Å². The van der Waals surface area contributed by atoms with E-state index in [1.54, 1.807) is 0 Å². The first-order valence-electron chi connectivity index (χ1n) is 6.64. The first-order valence-corrected chi connectivity index (χ1v) is 6.64. The maximum absolute atomic E-state index is 9.11. The molecular formula is C13H27NO. The molecule has 2 heteroatoms. The molecule has 2 unspecified atom stereocenters. The molecule has 1 aliphatic rings. The second-order valence-electron chi connectivity index (χ2n) is 4.99. The molecule has 1 saturated carbocycles. The van der Waals surface area contributed by atoms with E-state index in [0.717, 1.165) is 12.3 Å². The zero-order valence-electron chi connectivity index (χ0n) is 10.3. The molecule has 0 amide bonds. The van der Waals surface area contributed by atoms with Crippen LogP contribution in [0.15, 0.2) is 0 Å². The van der Waals surface area contributed by atoms with Crippen molar-refractivity contribution in [3.05, 3.63) is 0 Å². The van der Waals surface area contributed by atoms with Crippen molar-refractivity contribution in [3.63, 3.8) is 0 Å². The molecular weight excluding hydrogens is 186 g/mol. The number of nitrogens with one attached hydrogen (secondary N) is 1. The van der Waals surface area contributed by atoms with Crippen LogP contribution in [-0.2, 0) is 0 Å². The van der Waals surface area contributed by atoms with Gasteiger partial charge in [-0.05, 0) is 38.5 Å². The monoisotopic (exact) mass is 213 g/mol. The molecule has 0 spiro atoms. The van der Waals surface area contributed by atoms with Crippen molar-refractivity contribution in [2.24, 2.45) is 5.92 Å². The van der Waals surface area contributed by atoms with E-state index >= 15 is 0 Å². The van der Waals surface area contributed by atoms with Gasteiger partial charge in [-0.3, -0.25) is 0 Å². The lowest BCUT2D eigenvalue weighted by Gasteiger charge is -2.32. The largest absolute Gasteiger partial charge is 0.396 e.